The highest BCUT2D eigenvalue weighted by Crippen LogP contribution is 2.36. The second-order valence-corrected chi connectivity index (χ2v) is 6.39. The van der Waals surface area contributed by atoms with Gasteiger partial charge in [-0.15, -0.1) is 0 Å². The Hall–Kier alpha value is -1.87. The van der Waals surface area contributed by atoms with E-state index in [1.54, 1.807) is 0 Å². The lowest BCUT2D eigenvalue weighted by atomic mass is 9.96. The second-order valence-electron chi connectivity index (χ2n) is 6.39. The van der Waals surface area contributed by atoms with Gasteiger partial charge in [0.25, 0.3) is 5.91 Å². The van der Waals surface area contributed by atoms with Crippen LogP contribution in [0.15, 0.2) is 42.5 Å². The van der Waals surface area contributed by atoms with Crippen molar-refractivity contribution in [3.05, 3.63) is 48.0 Å². The van der Waals surface area contributed by atoms with E-state index in [9.17, 15) is 4.79 Å². The highest BCUT2D eigenvalue weighted by molar-refractivity contribution is 5.99. The molecule has 0 aromatic heterocycles. The maximum atomic E-state index is 12.9. The molecule has 2 aliphatic heterocycles. The number of nitrogens with zero attached hydrogens (tertiary/aromatic N) is 1. The van der Waals surface area contributed by atoms with Crippen LogP contribution in [0.3, 0.4) is 0 Å². The number of fused-ring (bicyclic) bond motifs is 3. The molecule has 2 bridgehead atoms. The standard InChI is InChI=1S/C18H20N2O/c19-15-10-16-7-8-17(11-15)20(16)18(21)14-6-5-12-3-1-2-4-13(12)9-14/h1-6,9,15-17H,7-8,10-11,19H2. The summed E-state index contributed by atoms with van der Waals surface area (Å²) in [4.78, 5) is 15.0. The molecule has 2 atom stereocenters. The van der Waals surface area contributed by atoms with E-state index in [1.165, 1.54) is 5.39 Å². The van der Waals surface area contributed by atoms with Gasteiger partial charge in [0.15, 0.2) is 0 Å². The predicted octanol–water partition coefficient (Wildman–Crippen LogP) is 2.93. The van der Waals surface area contributed by atoms with Crippen molar-refractivity contribution in [3.63, 3.8) is 0 Å². The lowest BCUT2D eigenvalue weighted by Crippen LogP contribution is -2.50. The molecule has 108 valence electrons. The fourth-order valence-corrected chi connectivity index (χ4v) is 4.02. The largest absolute Gasteiger partial charge is 0.333 e. The van der Waals surface area contributed by atoms with Crippen molar-refractivity contribution in [2.45, 2.75) is 43.8 Å². The summed E-state index contributed by atoms with van der Waals surface area (Å²) in [6.45, 7) is 0. The smallest absolute Gasteiger partial charge is 0.254 e. The molecule has 2 aromatic rings. The quantitative estimate of drug-likeness (QED) is 0.873. The molecule has 2 unspecified atom stereocenters. The molecule has 2 heterocycles. The summed E-state index contributed by atoms with van der Waals surface area (Å²) in [5.74, 6) is 0.181. The Bertz CT molecular complexity index is 682. The Kier molecular flexibility index (Phi) is 2.96. The van der Waals surface area contributed by atoms with Gasteiger partial charge in [0.2, 0.25) is 0 Å². The zero-order valence-corrected chi connectivity index (χ0v) is 12.0. The van der Waals surface area contributed by atoms with Crippen LogP contribution in [-0.2, 0) is 0 Å². The number of hydrogen-bond acceptors (Lipinski definition) is 2. The molecule has 2 aromatic carbocycles. The first kappa shape index (κ1) is 12.8. The molecular formula is C18H20N2O. The minimum atomic E-state index is 0.181. The number of rotatable bonds is 1. The summed E-state index contributed by atoms with van der Waals surface area (Å²) in [7, 11) is 0. The zero-order valence-electron chi connectivity index (χ0n) is 12.0. The molecule has 21 heavy (non-hydrogen) atoms. The third kappa shape index (κ3) is 2.12. The highest BCUT2D eigenvalue weighted by atomic mass is 16.2. The Balaban J connectivity index is 1.67. The van der Waals surface area contributed by atoms with Gasteiger partial charge in [-0.25, -0.2) is 0 Å². The van der Waals surface area contributed by atoms with Gasteiger partial charge in [-0.2, -0.15) is 0 Å². The highest BCUT2D eigenvalue weighted by Gasteiger charge is 2.42. The number of nitrogens with two attached hydrogens (primary N) is 1. The molecule has 1 amide bonds. The van der Waals surface area contributed by atoms with Gasteiger partial charge in [0, 0.05) is 23.7 Å². The van der Waals surface area contributed by atoms with E-state index >= 15 is 0 Å². The van der Waals surface area contributed by atoms with Crippen LogP contribution < -0.4 is 5.73 Å². The Labute approximate surface area is 124 Å². The molecule has 4 rings (SSSR count). The number of carbonyl (C=O) groups is 1. The monoisotopic (exact) mass is 280 g/mol. The fraction of sp³-hybridized carbons (Fsp3) is 0.389. The summed E-state index contributed by atoms with van der Waals surface area (Å²) in [5, 5.41) is 2.31. The molecular weight excluding hydrogens is 260 g/mol. The van der Waals surface area contributed by atoms with Crippen molar-refractivity contribution in [1.82, 2.24) is 4.90 Å². The van der Waals surface area contributed by atoms with Crippen molar-refractivity contribution in [3.8, 4) is 0 Å². The molecule has 3 heteroatoms. The predicted molar refractivity (Wildman–Crippen MR) is 84.1 cm³/mol. The maximum absolute atomic E-state index is 12.9. The summed E-state index contributed by atoms with van der Waals surface area (Å²) < 4.78 is 0. The first-order valence-electron chi connectivity index (χ1n) is 7.79. The van der Waals surface area contributed by atoms with E-state index in [-0.39, 0.29) is 11.9 Å². The summed E-state index contributed by atoms with van der Waals surface area (Å²) >= 11 is 0. The number of carbonyl (C=O) groups excluding carboxylic acids is 1. The van der Waals surface area contributed by atoms with E-state index in [0.717, 1.165) is 36.6 Å². The van der Waals surface area contributed by atoms with Crippen LogP contribution in [0.4, 0.5) is 0 Å². The topological polar surface area (TPSA) is 46.3 Å². The molecule has 0 aliphatic carbocycles. The van der Waals surface area contributed by atoms with E-state index in [1.807, 2.05) is 30.3 Å². The maximum Gasteiger partial charge on any atom is 0.254 e. The molecule has 2 saturated heterocycles. The summed E-state index contributed by atoms with van der Waals surface area (Å²) in [6.07, 6.45) is 4.13. The van der Waals surface area contributed by atoms with Gasteiger partial charge in [-0.05, 0) is 48.6 Å². The van der Waals surface area contributed by atoms with Crippen molar-refractivity contribution >= 4 is 16.7 Å². The average molecular weight is 280 g/mol. The van der Waals surface area contributed by atoms with Crippen molar-refractivity contribution in [2.24, 2.45) is 5.73 Å². The van der Waals surface area contributed by atoms with Gasteiger partial charge in [-0.1, -0.05) is 30.3 Å². The first-order valence-corrected chi connectivity index (χ1v) is 7.79. The molecule has 2 aliphatic rings. The number of benzene rings is 2. The van der Waals surface area contributed by atoms with E-state index in [2.05, 4.69) is 17.0 Å². The van der Waals surface area contributed by atoms with Crippen LogP contribution in [0.2, 0.25) is 0 Å². The third-order valence-electron chi connectivity index (χ3n) is 5.00. The molecule has 0 spiro atoms. The van der Waals surface area contributed by atoms with Crippen LogP contribution in [-0.4, -0.2) is 28.9 Å². The van der Waals surface area contributed by atoms with Crippen molar-refractivity contribution < 1.29 is 4.79 Å². The van der Waals surface area contributed by atoms with Gasteiger partial charge in [0.1, 0.15) is 0 Å². The minimum absolute atomic E-state index is 0.181. The van der Waals surface area contributed by atoms with E-state index < -0.39 is 0 Å². The molecule has 2 fully saturated rings. The van der Waals surface area contributed by atoms with Crippen LogP contribution in [0.25, 0.3) is 10.8 Å². The number of piperidine rings is 1. The summed E-state index contributed by atoms with van der Waals surface area (Å²) in [5.41, 5.74) is 6.90. The third-order valence-corrected chi connectivity index (χ3v) is 5.00. The van der Waals surface area contributed by atoms with Crippen molar-refractivity contribution in [1.29, 1.82) is 0 Å². The van der Waals surface area contributed by atoms with Crippen LogP contribution in [0, 0.1) is 0 Å². The Morgan fingerprint density at radius 2 is 1.67 bits per heavy atom. The Morgan fingerprint density at radius 1 is 1.00 bits per heavy atom. The SMILES string of the molecule is NC1CC2CCC(C1)N2C(=O)c1ccc2ccccc2c1. The number of amides is 1. The fourth-order valence-electron chi connectivity index (χ4n) is 4.02. The summed E-state index contributed by atoms with van der Waals surface area (Å²) in [6, 6.07) is 15.2. The minimum Gasteiger partial charge on any atom is -0.333 e. The van der Waals surface area contributed by atoms with Gasteiger partial charge < -0.3 is 10.6 Å². The van der Waals surface area contributed by atoms with Crippen LogP contribution >= 0.6 is 0 Å². The lowest BCUT2D eigenvalue weighted by molar-refractivity contribution is 0.0575. The second kappa shape index (κ2) is 4.85. The Morgan fingerprint density at radius 3 is 2.38 bits per heavy atom. The molecule has 0 radical (unpaired) electrons. The van der Waals surface area contributed by atoms with Crippen molar-refractivity contribution in [2.75, 3.05) is 0 Å². The van der Waals surface area contributed by atoms with Gasteiger partial charge in [-0.3, -0.25) is 4.79 Å². The average Bonchev–Trinajstić information content (AvgIpc) is 2.78. The van der Waals surface area contributed by atoms with E-state index in [4.69, 9.17) is 5.73 Å². The zero-order chi connectivity index (χ0) is 14.4. The number of hydrogen-bond donors (Lipinski definition) is 1. The normalized spacial score (nSPS) is 28.0. The van der Waals surface area contributed by atoms with E-state index in [0.29, 0.717) is 12.1 Å². The van der Waals surface area contributed by atoms with Crippen LogP contribution in [0.1, 0.15) is 36.0 Å². The lowest BCUT2D eigenvalue weighted by Gasteiger charge is -2.37. The van der Waals surface area contributed by atoms with Crippen LogP contribution in [0.5, 0.6) is 0 Å². The molecule has 2 N–H and O–H groups in total. The van der Waals surface area contributed by atoms with Gasteiger partial charge >= 0.3 is 0 Å². The van der Waals surface area contributed by atoms with Gasteiger partial charge in [0.05, 0.1) is 0 Å². The molecule has 0 saturated carbocycles. The first-order chi connectivity index (χ1) is 10.2. The molecule has 3 nitrogen and oxygen atoms in total.